The first kappa shape index (κ1) is 32.8. The Bertz CT molecular complexity index is 1230. The minimum Gasteiger partial charge on any atom is -0.338 e. The highest BCUT2D eigenvalue weighted by molar-refractivity contribution is 5.90. The highest BCUT2D eigenvalue weighted by atomic mass is 19.1. The molecule has 4 aliphatic rings. The van der Waals surface area contributed by atoms with Crippen LogP contribution in [0.2, 0.25) is 0 Å². The maximum atomic E-state index is 15.2. The van der Waals surface area contributed by atoms with Gasteiger partial charge in [0, 0.05) is 76.3 Å². The zero-order valence-electron chi connectivity index (χ0n) is 27.4. The maximum Gasteiger partial charge on any atom is 0.245 e. The number of carbonyl (C=O) groups excluding carboxylic acids is 3. The van der Waals surface area contributed by atoms with Crippen molar-refractivity contribution < 1.29 is 23.2 Å². The van der Waals surface area contributed by atoms with Crippen molar-refractivity contribution in [2.75, 3.05) is 45.8 Å². The topological polar surface area (TPSA) is 76.2 Å². The van der Waals surface area contributed by atoms with Gasteiger partial charge in [0.2, 0.25) is 17.7 Å². The number of nitrogens with zero attached hydrogens (tertiary/aromatic N) is 4. The fourth-order valence-corrected chi connectivity index (χ4v) is 8.00. The number of rotatable bonds is 5. The minimum absolute atomic E-state index is 0.0200. The van der Waals surface area contributed by atoms with E-state index in [-0.39, 0.29) is 47.3 Å². The van der Waals surface area contributed by atoms with Crippen LogP contribution in [0.3, 0.4) is 0 Å². The molecule has 3 saturated heterocycles. The normalized spacial score (nSPS) is 28.4. The molecule has 1 aliphatic carbocycles. The molecule has 8 nitrogen and oxygen atoms in total. The number of hydrogen-bond acceptors (Lipinski definition) is 5. The van der Waals surface area contributed by atoms with Crippen LogP contribution in [0.5, 0.6) is 0 Å². The quantitative estimate of drug-likeness (QED) is 0.542. The molecule has 4 fully saturated rings. The highest BCUT2D eigenvalue weighted by Crippen LogP contribution is 2.42. The molecule has 2 unspecified atom stereocenters. The molecule has 0 radical (unpaired) electrons. The first-order valence-corrected chi connectivity index (χ1v) is 16.4. The molecule has 0 bridgehead atoms. The second-order valence-electron chi connectivity index (χ2n) is 15.2. The number of amides is 3. The molecule has 1 aromatic carbocycles. The molecule has 44 heavy (non-hydrogen) atoms. The summed E-state index contributed by atoms with van der Waals surface area (Å²) in [6.45, 7) is 16.0. The molecule has 10 heteroatoms. The van der Waals surface area contributed by atoms with Crippen molar-refractivity contribution in [3.05, 3.63) is 35.4 Å². The zero-order chi connectivity index (χ0) is 32.0. The number of likely N-dealkylation sites (tertiary alicyclic amines) is 2. The van der Waals surface area contributed by atoms with Gasteiger partial charge in [-0.3, -0.25) is 19.3 Å². The molecule has 244 valence electrons. The summed E-state index contributed by atoms with van der Waals surface area (Å²) in [7, 11) is 0. The average Bonchev–Trinajstić information content (AvgIpc) is 3.59. The standard InChI is InChI=1S/C34H51F2N5O3/c1-22(42)41(24-9-11-34(5,6)12-10-24)25-18-30(32(44)38-15-13-37-14-16-38)40(19-25)31(43)28-21-39(33(2,3)4)20-27(28)26-8-7-23(35)17-29(26)36/h7-8,17,24-25,27-28,30,37H,9-16,18-21H2,1-6H3/t25?,27-,28+,30?/m0/s1. The lowest BCUT2D eigenvalue weighted by atomic mass is 9.75. The Kier molecular flexibility index (Phi) is 9.44. The van der Waals surface area contributed by atoms with E-state index in [0.717, 1.165) is 31.7 Å². The molecule has 1 N–H and O–H groups in total. The Morgan fingerprint density at radius 1 is 0.955 bits per heavy atom. The zero-order valence-corrected chi connectivity index (χ0v) is 27.4. The van der Waals surface area contributed by atoms with Crippen LogP contribution in [-0.2, 0) is 14.4 Å². The lowest BCUT2D eigenvalue weighted by molar-refractivity contribution is -0.146. The van der Waals surface area contributed by atoms with E-state index in [2.05, 4.69) is 44.8 Å². The van der Waals surface area contributed by atoms with E-state index in [4.69, 9.17) is 0 Å². The molecular formula is C34H51F2N5O3. The van der Waals surface area contributed by atoms with Crippen molar-refractivity contribution in [2.24, 2.45) is 11.3 Å². The summed E-state index contributed by atoms with van der Waals surface area (Å²) in [5, 5.41) is 3.29. The van der Waals surface area contributed by atoms with Gasteiger partial charge >= 0.3 is 0 Å². The maximum absolute atomic E-state index is 15.2. The Labute approximate surface area is 261 Å². The summed E-state index contributed by atoms with van der Waals surface area (Å²) in [5.74, 6) is -2.68. The number of carbonyl (C=O) groups is 3. The number of nitrogens with one attached hydrogen (secondary N) is 1. The Morgan fingerprint density at radius 2 is 1.61 bits per heavy atom. The highest BCUT2D eigenvalue weighted by Gasteiger charge is 2.51. The van der Waals surface area contributed by atoms with E-state index in [9.17, 15) is 18.8 Å². The third kappa shape index (κ3) is 6.81. The second kappa shape index (κ2) is 12.7. The smallest absolute Gasteiger partial charge is 0.245 e. The summed E-state index contributed by atoms with van der Waals surface area (Å²) in [6.07, 6.45) is 4.26. The summed E-state index contributed by atoms with van der Waals surface area (Å²) >= 11 is 0. The second-order valence-corrected chi connectivity index (χ2v) is 15.2. The van der Waals surface area contributed by atoms with E-state index in [1.807, 2.05) is 9.80 Å². The lowest BCUT2D eigenvalue weighted by Gasteiger charge is -2.42. The van der Waals surface area contributed by atoms with Crippen molar-refractivity contribution in [2.45, 2.75) is 103 Å². The van der Waals surface area contributed by atoms with Gasteiger partial charge in [-0.15, -0.1) is 0 Å². The van der Waals surface area contributed by atoms with Crippen molar-refractivity contribution in [3.63, 3.8) is 0 Å². The van der Waals surface area contributed by atoms with Crippen molar-refractivity contribution >= 4 is 17.7 Å². The molecule has 5 rings (SSSR count). The van der Waals surface area contributed by atoms with Crippen LogP contribution < -0.4 is 5.32 Å². The fourth-order valence-electron chi connectivity index (χ4n) is 8.00. The Hall–Kier alpha value is -2.59. The van der Waals surface area contributed by atoms with Gasteiger partial charge in [0.1, 0.15) is 17.7 Å². The van der Waals surface area contributed by atoms with Gasteiger partial charge in [0.05, 0.1) is 12.0 Å². The van der Waals surface area contributed by atoms with Crippen LogP contribution in [0.1, 0.15) is 85.1 Å². The predicted octanol–water partition coefficient (Wildman–Crippen LogP) is 4.00. The van der Waals surface area contributed by atoms with Crippen LogP contribution in [0.15, 0.2) is 18.2 Å². The van der Waals surface area contributed by atoms with Crippen LogP contribution in [0.25, 0.3) is 0 Å². The van der Waals surface area contributed by atoms with E-state index in [0.29, 0.717) is 51.3 Å². The van der Waals surface area contributed by atoms with Gasteiger partial charge in [-0.2, -0.15) is 0 Å². The van der Waals surface area contributed by atoms with Crippen molar-refractivity contribution in [1.29, 1.82) is 0 Å². The summed E-state index contributed by atoms with van der Waals surface area (Å²) < 4.78 is 29.1. The third-order valence-electron chi connectivity index (χ3n) is 10.7. The Balaban J connectivity index is 1.47. The number of halogens is 2. The monoisotopic (exact) mass is 615 g/mol. The first-order valence-electron chi connectivity index (χ1n) is 16.4. The van der Waals surface area contributed by atoms with Crippen LogP contribution in [0.4, 0.5) is 8.78 Å². The van der Waals surface area contributed by atoms with Gasteiger partial charge in [0.25, 0.3) is 0 Å². The molecule has 4 atom stereocenters. The van der Waals surface area contributed by atoms with Crippen molar-refractivity contribution in [3.8, 4) is 0 Å². The third-order valence-corrected chi connectivity index (χ3v) is 10.7. The molecule has 0 spiro atoms. The number of hydrogen-bond donors (Lipinski definition) is 1. The summed E-state index contributed by atoms with van der Waals surface area (Å²) in [4.78, 5) is 49.7. The van der Waals surface area contributed by atoms with E-state index in [1.54, 1.807) is 11.8 Å². The van der Waals surface area contributed by atoms with Gasteiger partial charge < -0.3 is 20.0 Å². The summed E-state index contributed by atoms with van der Waals surface area (Å²) in [5.41, 5.74) is 0.296. The molecule has 1 aromatic rings. The van der Waals surface area contributed by atoms with Crippen LogP contribution >= 0.6 is 0 Å². The fraction of sp³-hybridized carbons (Fsp3) is 0.735. The number of benzene rings is 1. The minimum atomic E-state index is -0.685. The van der Waals surface area contributed by atoms with Crippen LogP contribution in [0, 0.1) is 23.0 Å². The molecular weight excluding hydrogens is 564 g/mol. The van der Waals surface area contributed by atoms with Crippen LogP contribution in [-0.4, -0.2) is 107 Å². The van der Waals surface area contributed by atoms with E-state index in [1.165, 1.54) is 12.1 Å². The average molecular weight is 616 g/mol. The van der Waals surface area contributed by atoms with Gasteiger partial charge in [-0.1, -0.05) is 19.9 Å². The summed E-state index contributed by atoms with van der Waals surface area (Å²) in [6, 6.07) is 2.73. The SMILES string of the molecule is CC(=O)N(C1CCC(C)(C)CC1)C1CC(C(=O)N2CCNCC2)N(C(=O)[C@@H]2CN(C(C)(C)C)C[C@H]2c2ccc(F)cc2F)C1. The lowest BCUT2D eigenvalue weighted by Crippen LogP contribution is -2.54. The Morgan fingerprint density at radius 3 is 2.20 bits per heavy atom. The first-order chi connectivity index (χ1) is 20.7. The van der Waals surface area contributed by atoms with Crippen molar-refractivity contribution in [1.82, 2.24) is 24.9 Å². The largest absolute Gasteiger partial charge is 0.338 e. The molecule has 3 amide bonds. The molecule has 0 aromatic heterocycles. The molecule has 3 heterocycles. The molecule has 3 aliphatic heterocycles. The van der Waals surface area contributed by atoms with Gasteiger partial charge in [-0.05, 0) is 69.9 Å². The van der Waals surface area contributed by atoms with E-state index >= 15 is 4.39 Å². The van der Waals surface area contributed by atoms with Gasteiger partial charge in [-0.25, -0.2) is 8.78 Å². The van der Waals surface area contributed by atoms with Gasteiger partial charge in [0.15, 0.2) is 0 Å². The molecule has 1 saturated carbocycles. The number of piperazine rings is 1. The predicted molar refractivity (Wildman–Crippen MR) is 166 cm³/mol. The van der Waals surface area contributed by atoms with E-state index < -0.39 is 29.5 Å².